The second kappa shape index (κ2) is 9.95. The molecule has 0 spiro atoms. The zero-order valence-electron chi connectivity index (χ0n) is 16.2. The first kappa shape index (κ1) is 24.1. The fourth-order valence-corrected chi connectivity index (χ4v) is 3.65. The molecule has 0 aromatic heterocycles. The van der Waals surface area contributed by atoms with Gasteiger partial charge in [0.25, 0.3) is 0 Å². The molecule has 0 radical (unpaired) electrons. The van der Waals surface area contributed by atoms with Crippen molar-refractivity contribution in [3.8, 4) is 0 Å². The molecule has 30 heavy (non-hydrogen) atoms. The van der Waals surface area contributed by atoms with Crippen molar-refractivity contribution in [1.82, 2.24) is 0 Å². The average molecular weight is 442 g/mol. The minimum atomic E-state index is -1.62. The highest BCUT2D eigenvalue weighted by Gasteiger charge is 2.48. The third-order valence-corrected chi connectivity index (χ3v) is 5.62. The molecule has 3 fully saturated rings. The van der Waals surface area contributed by atoms with Crippen LogP contribution in [0.3, 0.4) is 0 Å². The van der Waals surface area contributed by atoms with Gasteiger partial charge in [-0.15, -0.1) is 0 Å². The van der Waals surface area contributed by atoms with E-state index in [0.29, 0.717) is 0 Å². The monoisotopic (exact) mass is 442 g/mol. The van der Waals surface area contributed by atoms with Crippen LogP contribution in [0.25, 0.3) is 0 Å². The summed E-state index contributed by atoms with van der Waals surface area (Å²) in [5.74, 6) is 0. The standard InChI is InChI=1S/C17H30O13/c1-5-9(19)11(21)7(28-5)3-26-16-14(24)12(22)8(30-16)4-27-17-15(25)13(23)10(20)6(2-18)29-17/h5-25H,2-4H2,1H3/t5?,6?,7?,8?,9?,10-,11?,12?,13+,14?,15?,16?,17+/m1/s1. The molecule has 3 heterocycles. The van der Waals surface area contributed by atoms with E-state index < -0.39 is 86.3 Å². The van der Waals surface area contributed by atoms with Crippen molar-refractivity contribution in [2.75, 3.05) is 19.8 Å². The van der Waals surface area contributed by atoms with Crippen molar-refractivity contribution in [2.24, 2.45) is 0 Å². The fourth-order valence-electron chi connectivity index (χ4n) is 3.65. The lowest BCUT2D eigenvalue weighted by Crippen LogP contribution is -2.59. The molecule has 3 aliphatic rings. The predicted octanol–water partition coefficient (Wildman–Crippen LogP) is -5.22. The van der Waals surface area contributed by atoms with Gasteiger partial charge in [0.05, 0.1) is 25.9 Å². The number of hydrogen-bond donors (Lipinski definition) is 8. The molecule has 0 aliphatic carbocycles. The lowest BCUT2D eigenvalue weighted by Gasteiger charge is -2.39. The molecule has 13 heteroatoms. The number of ether oxygens (including phenoxy) is 5. The highest BCUT2D eigenvalue weighted by Crippen LogP contribution is 2.27. The van der Waals surface area contributed by atoms with E-state index in [1.807, 2.05) is 0 Å². The Morgan fingerprint density at radius 1 is 0.567 bits per heavy atom. The molecule has 3 aliphatic heterocycles. The number of rotatable bonds is 7. The summed E-state index contributed by atoms with van der Waals surface area (Å²) in [5.41, 5.74) is 0. The molecule has 8 N–H and O–H groups in total. The van der Waals surface area contributed by atoms with Crippen LogP contribution in [0, 0.1) is 0 Å². The van der Waals surface area contributed by atoms with E-state index in [1.165, 1.54) is 0 Å². The van der Waals surface area contributed by atoms with Gasteiger partial charge in [-0.1, -0.05) is 0 Å². The molecule has 176 valence electrons. The lowest BCUT2D eigenvalue weighted by molar-refractivity contribution is -0.307. The molecular weight excluding hydrogens is 412 g/mol. The molecule has 0 aromatic carbocycles. The van der Waals surface area contributed by atoms with Crippen LogP contribution in [-0.2, 0) is 23.7 Å². The highest BCUT2D eigenvalue weighted by atomic mass is 16.7. The Morgan fingerprint density at radius 3 is 1.50 bits per heavy atom. The van der Waals surface area contributed by atoms with Crippen LogP contribution in [0.15, 0.2) is 0 Å². The highest BCUT2D eigenvalue weighted by molar-refractivity contribution is 4.92. The van der Waals surface area contributed by atoms with Gasteiger partial charge in [-0.3, -0.25) is 0 Å². The van der Waals surface area contributed by atoms with Gasteiger partial charge in [-0.2, -0.15) is 0 Å². The molecule has 3 saturated heterocycles. The molecule has 0 amide bonds. The first-order valence-corrected chi connectivity index (χ1v) is 9.72. The van der Waals surface area contributed by atoms with Crippen LogP contribution in [0.2, 0.25) is 0 Å². The summed E-state index contributed by atoms with van der Waals surface area (Å²) in [6.45, 7) is 0.381. The van der Waals surface area contributed by atoms with Gasteiger partial charge in [-0.25, -0.2) is 0 Å². The van der Waals surface area contributed by atoms with Crippen molar-refractivity contribution in [2.45, 2.75) is 86.6 Å². The van der Waals surface area contributed by atoms with Crippen molar-refractivity contribution in [3.63, 3.8) is 0 Å². The Bertz CT molecular complexity index is 550. The molecule has 0 aromatic rings. The lowest BCUT2D eigenvalue weighted by atomic mass is 9.99. The van der Waals surface area contributed by atoms with E-state index >= 15 is 0 Å². The Morgan fingerprint density at radius 2 is 1.00 bits per heavy atom. The van der Waals surface area contributed by atoms with Crippen LogP contribution >= 0.6 is 0 Å². The number of hydrogen-bond acceptors (Lipinski definition) is 13. The SMILES string of the molecule is CC1OC(COC2OC(CO[C@H]3OC(CO)[C@@H](O)[C@H](O)C3O)C(O)C2O)C(O)C1O. The first-order chi connectivity index (χ1) is 14.1. The summed E-state index contributed by atoms with van der Waals surface area (Å²) in [7, 11) is 0. The van der Waals surface area contributed by atoms with Crippen LogP contribution < -0.4 is 0 Å². The van der Waals surface area contributed by atoms with Crippen LogP contribution in [-0.4, -0.2) is 140 Å². The molecule has 13 nitrogen and oxygen atoms in total. The minimum Gasteiger partial charge on any atom is -0.394 e. The van der Waals surface area contributed by atoms with Crippen LogP contribution in [0.4, 0.5) is 0 Å². The second-order valence-corrected chi connectivity index (χ2v) is 7.75. The predicted molar refractivity (Wildman–Crippen MR) is 92.7 cm³/mol. The smallest absolute Gasteiger partial charge is 0.186 e. The second-order valence-electron chi connectivity index (χ2n) is 7.75. The quantitative estimate of drug-likeness (QED) is 0.186. The number of aliphatic hydroxyl groups is 8. The van der Waals surface area contributed by atoms with Crippen LogP contribution in [0.5, 0.6) is 0 Å². The zero-order chi connectivity index (χ0) is 22.2. The van der Waals surface area contributed by atoms with Crippen LogP contribution in [0.1, 0.15) is 6.92 Å². The van der Waals surface area contributed by atoms with E-state index in [0.717, 1.165) is 0 Å². The van der Waals surface area contributed by atoms with E-state index in [2.05, 4.69) is 0 Å². The Labute approximate surface area is 171 Å². The largest absolute Gasteiger partial charge is 0.394 e. The molecule has 10 unspecified atom stereocenters. The summed E-state index contributed by atoms with van der Waals surface area (Å²) in [6, 6.07) is 0. The number of aliphatic hydroxyl groups excluding tert-OH is 8. The van der Waals surface area contributed by atoms with E-state index in [9.17, 15) is 40.9 Å². The molecule has 0 saturated carbocycles. The van der Waals surface area contributed by atoms with Crippen molar-refractivity contribution < 1.29 is 64.5 Å². The van der Waals surface area contributed by atoms with Crippen molar-refractivity contribution in [3.05, 3.63) is 0 Å². The molecule has 0 bridgehead atoms. The van der Waals surface area contributed by atoms with Gasteiger partial charge in [0.1, 0.15) is 61.0 Å². The van der Waals surface area contributed by atoms with Gasteiger partial charge >= 0.3 is 0 Å². The Balaban J connectivity index is 1.49. The molecular formula is C17H30O13. The van der Waals surface area contributed by atoms with Gasteiger partial charge in [0.15, 0.2) is 12.6 Å². The zero-order valence-corrected chi connectivity index (χ0v) is 16.2. The summed E-state index contributed by atoms with van der Waals surface area (Å²) < 4.78 is 26.7. The van der Waals surface area contributed by atoms with E-state index in [4.69, 9.17) is 23.7 Å². The summed E-state index contributed by atoms with van der Waals surface area (Å²) in [4.78, 5) is 0. The fraction of sp³-hybridized carbons (Fsp3) is 1.00. The summed E-state index contributed by atoms with van der Waals surface area (Å²) in [5, 5.41) is 78.5. The normalized spacial score (nSPS) is 52.1. The maximum atomic E-state index is 10.2. The van der Waals surface area contributed by atoms with E-state index in [-0.39, 0.29) is 13.2 Å². The van der Waals surface area contributed by atoms with Gasteiger partial charge < -0.3 is 64.5 Å². The molecule has 3 rings (SSSR count). The van der Waals surface area contributed by atoms with Gasteiger partial charge in [0.2, 0.25) is 0 Å². The third kappa shape index (κ3) is 4.78. The first-order valence-electron chi connectivity index (χ1n) is 9.72. The Hall–Kier alpha value is -0.520. The maximum Gasteiger partial charge on any atom is 0.186 e. The van der Waals surface area contributed by atoms with E-state index in [1.54, 1.807) is 6.92 Å². The summed E-state index contributed by atoms with van der Waals surface area (Å²) >= 11 is 0. The third-order valence-electron chi connectivity index (χ3n) is 5.62. The summed E-state index contributed by atoms with van der Waals surface area (Å²) in [6.07, 6.45) is -16.2. The Kier molecular flexibility index (Phi) is 8.01. The maximum absolute atomic E-state index is 10.2. The minimum absolute atomic E-state index is 0.211. The topological polar surface area (TPSA) is 208 Å². The van der Waals surface area contributed by atoms with Gasteiger partial charge in [0, 0.05) is 0 Å². The molecule has 13 atom stereocenters. The average Bonchev–Trinajstić information content (AvgIpc) is 3.14. The van der Waals surface area contributed by atoms with Crippen molar-refractivity contribution in [1.29, 1.82) is 0 Å². The van der Waals surface area contributed by atoms with Crippen molar-refractivity contribution >= 4 is 0 Å². The van der Waals surface area contributed by atoms with Gasteiger partial charge in [-0.05, 0) is 6.92 Å².